The highest BCUT2D eigenvalue weighted by molar-refractivity contribution is 6.30. The number of pyridine rings is 1. The van der Waals surface area contributed by atoms with Crippen molar-refractivity contribution in [2.75, 3.05) is 6.54 Å². The van der Waals surface area contributed by atoms with Gasteiger partial charge in [0.2, 0.25) is 0 Å². The smallest absolute Gasteiger partial charge is 0.100 e. The number of rotatable bonds is 6. The Morgan fingerprint density at radius 3 is 2.34 bits per heavy atom. The van der Waals surface area contributed by atoms with Gasteiger partial charge in [0.05, 0.1) is 0 Å². The molecule has 0 bridgehead atoms. The SMILES string of the molecule is CC(C)NC[C@H]1CC[C@H](c2[nH]nc(-c3ccc(Cl)cc3)c2-c2ccncc2)CC1. The third kappa shape index (κ3) is 4.71. The van der Waals surface area contributed by atoms with E-state index in [4.69, 9.17) is 16.7 Å². The predicted octanol–water partition coefficient (Wildman–Crippen LogP) is 6.06. The van der Waals surface area contributed by atoms with Crippen molar-refractivity contribution >= 4 is 11.6 Å². The summed E-state index contributed by atoms with van der Waals surface area (Å²) in [7, 11) is 0. The van der Waals surface area contributed by atoms with Crippen molar-refractivity contribution in [2.45, 2.75) is 51.5 Å². The topological polar surface area (TPSA) is 53.6 Å². The van der Waals surface area contributed by atoms with Gasteiger partial charge in [-0.3, -0.25) is 10.1 Å². The second-order valence-electron chi connectivity index (χ2n) is 8.38. The van der Waals surface area contributed by atoms with Crippen LogP contribution in [0.15, 0.2) is 48.8 Å². The van der Waals surface area contributed by atoms with Gasteiger partial charge in [-0.05, 0) is 68.0 Å². The number of hydrogen-bond donors (Lipinski definition) is 2. The van der Waals surface area contributed by atoms with Crippen LogP contribution in [0.3, 0.4) is 0 Å². The predicted molar refractivity (Wildman–Crippen MR) is 120 cm³/mol. The first-order valence-corrected chi connectivity index (χ1v) is 11.0. The Hall–Kier alpha value is -2.17. The van der Waals surface area contributed by atoms with Gasteiger partial charge in [-0.25, -0.2) is 0 Å². The Kier molecular flexibility index (Phi) is 6.31. The lowest BCUT2D eigenvalue weighted by molar-refractivity contribution is 0.305. The lowest BCUT2D eigenvalue weighted by atomic mass is 9.78. The molecule has 2 aromatic heterocycles. The quantitative estimate of drug-likeness (QED) is 0.520. The van der Waals surface area contributed by atoms with Gasteiger partial charge >= 0.3 is 0 Å². The van der Waals surface area contributed by atoms with Crippen molar-refractivity contribution in [3.63, 3.8) is 0 Å². The fourth-order valence-corrected chi connectivity index (χ4v) is 4.46. The maximum absolute atomic E-state index is 6.10. The Bertz CT molecular complexity index is 910. The molecule has 0 aliphatic heterocycles. The highest BCUT2D eigenvalue weighted by atomic mass is 35.5. The summed E-state index contributed by atoms with van der Waals surface area (Å²) in [6, 6.07) is 12.6. The number of aromatic nitrogens is 3. The average molecular weight is 409 g/mol. The molecule has 1 aromatic carbocycles. The first kappa shape index (κ1) is 20.1. The zero-order valence-electron chi connectivity index (χ0n) is 17.2. The zero-order chi connectivity index (χ0) is 20.2. The lowest BCUT2D eigenvalue weighted by Gasteiger charge is -2.29. The summed E-state index contributed by atoms with van der Waals surface area (Å²) in [6.07, 6.45) is 8.62. The van der Waals surface area contributed by atoms with E-state index in [0.29, 0.717) is 12.0 Å². The summed E-state index contributed by atoms with van der Waals surface area (Å²) in [5.74, 6) is 1.29. The van der Waals surface area contributed by atoms with E-state index in [1.165, 1.54) is 36.9 Å². The van der Waals surface area contributed by atoms with Gasteiger partial charge in [-0.2, -0.15) is 5.10 Å². The van der Waals surface area contributed by atoms with Crippen LogP contribution in [-0.4, -0.2) is 27.8 Å². The van der Waals surface area contributed by atoms with Gasteiger partial charge in [-0.1, -0.05) is 37.6 Å². The van der Waals surface area contributed by atoms with E-state index in [-0.39, 0.29) is 0 Å². The number of aromatic amines is 1. The van der Waals surface area contributed by atoms with Crippen LogP contribution in [0.5, 0.6) is 0 Å². The molecule has 0 spiro atoms. The fourth-order valence-electron chi connectivity index (χ4n) is 4.34. The average Bonchev–Trinajstić information content (AvgIpc) is 3.19. The third-order valence-corrected chi connectivity index (χ3v) is 6.20. The van der Waals surface area contributed by atoms with Crippen LogP contribution in [0.4, 0.5) is 0 Å². The molecule has 2 N–H and O–H groups in total. The van der Waals surface area contributed by atoms with Crippen molar-refractivity contribution in [3.05, 3.63) is 59.5 Å². The molecule has 0 unspecified atom stereocenters. The molecule has 1 aliphatic rings. The molecule has 0 amide bonds. The zero-order valence-corrected chi connectivity index (χ0v) is 17.9. The summed E-state index contributed by atoms with van der Waals surface area (Å²) < 4.78 is 0. The Balaban J connectivity index is 1.62. The van der Waals surface area contributed by atoms with E-state index in [1.54, 1.807) is 0 Å². The minimum Gasteiger partial charge on any atom is -0.314 e. The first-order chi connectivity index (χ1) is 14.1. The molecule has 0 saturated heterocycles. The summed E-state index contributed by atoms with van der Waals surface area (Å²) in [5, 5.41) is 12.5. The maximum Gasteiger partial charge on any atom is 0.100 e. The van der Waals surface area contributed by atoms with Gasteiger partial charge in [-0.15, -0.1) is 0 Å². The van der Waals surface area contributed by atoms with Crippen LogP contribution < -0.4 is 5.32 Å². The molecule has 1 fully saturated rings. The Morgan fingerprint density at radius 2 is 1.69 bits per heavy atom. The molecular formula is C24H29ClN4. The van der Waals surface area contributed by atoms with E-state index >= 15 is 0 Å². The van der Waals surface area contributed by atoms with E-state index in [9.17, 15) is 0 Å². The summed E-state index contributed by atoms with van der Waals surface area (Å²) >= 11 is 6.10. The number of halogens is 1. The van der Waals surface area contributed by atoms with Crippen molar-refractivity contribution < 1.29 is 0 Å². The lowest BCUT2D eigenvalue weighted by Crippen LogP contribution is -2.30. The second kappa shape index (κ2) is 9.10. The number of benzene rings is 1. The highest BCUT2D eigenvalue weighted by Gasteiger charge is 2.28. The molecule has 1 aliphatic carbocycles. The fraction of sp³-hybridized carbons (Fsp3) is 0.417. The van der Waals surface area contributed by atoms with Gasteiger partial charge in [0.1, 0.15) is 5.69 Å². The number of hydrogen-bond acceptors (Lipinski definition) is 3. The molecule has 5 heteroatoms. The monoisotopic (exact) mass is 408 g/mol. The molecule has 29 heavy (non-hydrogen) atoms. The number of H-pyrrole nitrogens is 1. The summed E-state index contributed by atoms with van der Waals surface area (Å²) in [4.78, 5) is 4.20. The van der Waals surface area contributed by atoms with Crippen LogP contribution in [0, 0.1) is 5.92 Å². The highest BCUT2D eigenvalue weighted by Crippen LogP contribution is 2.42. The molecule has 2 heterocycles. The third-order valence-electron chi connectivity index (χ3n) is 5.95. The van der Waals surface area contributed by atoms with Crippen LogP contribution in [-0.2, 0) is 0 Å². The standard InChI is InChI=1S/C24H29ClN4/c1-16(2)27-15-17-3-5-19(6-4-17)23-22(18-11-13-26-14-12-18)24(29-28-23)20-7-9-21(25)10-8-20/h7-14,16-17,19,27H,3-6,15H2,1-2H3,(H,28,29)/t17-,19-. The number of nitrogens with zero attached hydrogens (tertiary/aromatic N) is 2. The van der Waals surface area contributed by atoms with Crippen LogP contribution >= 0.6 is 11.6 Å². The molecule has 0 atom stereocenters. The van der Waals surface area contributed by atoms with Crippen molar-refractivity contribution in [2.24, 2.45) is 5.92 Å². The van der Waals surface area contributed by atoms with Crippen molar-refractivity contribution in [1.82, 2.24) is 20.5 Å². The molecule has 4 nitrogen and oxygen atoms in total. The van der Waals surface area contributed by atoms with Gasteiger partial charge in [0.15, 0.2) is 0 Å². The van der Waals surface area contributed by atoms with Gasteiger partial charge in [0, 0.05) is 46.2 Å². The van der Waals surface area contributed by atoms with E-state index in [1.807, 2.05) is 36.7 Å². The van der Waals surface area contributed by atoms with Gasteiger partial charge in [0.25, 0.3) is 0 Å². The summed E-state index contributed by atoms with van der Waals surface area (Å²) in [5.41, 5.74) is 5.71. The van der Waals surface area contributed by atoms with Crippen molar-refractivity contribution in [3.8, 4) is 22.4 Å². The normalized spacial score (nSPS) is 19.6. The van der Waals surface area contributed by atoms with Crippen molar-refractivity contribution in [1.29, 1.82) is 0 Å². The second-order valence-corrected chi connectivity index (χ2v) is 8.82. The number of nitrogens with one attached hydrogen (secondary N) is 2. The Labute approximate surface area is 178 Å². The molecule has 0 radical (unpaired) electrons. The molecule has 3 aromatic rings. The van der Waals surface area contributed by atoms with E-state index in [2.05, 4.69) is 41.4 Å². The van der Waals surface area contributed by atoms with Crippen LogP contribution in [0.25, 0.3) is 22.4 Å². The van der Waals surface area contributed by atoms with Crippen LogP contribution in [0.2, 0.25) is 5.02 Å². The van der Waals surface area contributed by atoms with Crippen LogP contribution in [0.1, 0.15) is 51.1 Å². The van der Waals surface area contributed by atoms with E-state index < -0.39 is 0 Å². The first-order valence-electron chi connectivity index (χ1n) is 10.6. The molecule has 4 rings (SSSR count). The molecular weight excluding hydrogens is 380 g/mol. The summed E-state index contributed by atoms with van der Waals surface area (Å²) in [6.45, 7) is 5.56. The minimum atomic E-state index is 0.516. The minimum absolute atomic E-state index is 0.516. The Morgan fingerprint density at radius 1 is 1.00 bits per heavy atom. The van der Waals surface area contributed by atoms with E-state index in [0.717, 1.165) is 34.3 Å². The maximum atomic E-state index is 6.10. The molecule has 1 saturated carbocycles. The van der Waals surface area contributed by atoms with Gasteiger partial charge < -0.3 is 5.32 Å². The largest absolute Gasteiger partial charge is 0.314 e. The molecule has 152 valence electrons.